The Kier molecular flexibility index (Phi) is 3.08. The van der Waals surface area contributed by atoms with Crippen LogP contribution in [0.3, 0.4) is 0 Å². The molecule has 0 heterocycles. The highest BCUT2D eigenvalue weighted by Crippen LogP contribution is 2.21. The maximum absolute atomic E-state index is 12.7. The van der Waals surface area contributed by atoms with E-state index in [-0.39, 0.29) is 6.54 Å². The average Bonchev–Trinajstić information content (AvgIpc) is 2.06. The Morgan fingerprint density at radius 2 is 2.31 bits per heavy atom. The average molecular weight is 203 g/mol. The molecule has 0 aliphatic rings. The van der Waals surface area contributed by atoms with E-state index < -0.39 is 11.7 Å². The Morgan fingerprint density at radius 1 is 1.62 bits per heavy atom. The molecule has 0 radical (unpaired) electrons. The van der Waals surface area contributed by atoms with Crippen molar-refractivity contribution in [2.45, 2.75) is 0 Å². The van der Waals surface area contributed by atoms with Gasteiger partial charge in [0.25, 0.3) is 0 Å². The van der Waals surface area contributed by atoms with Crippen LogP contribution in [0.5, 0.6) is 0 Å². The van der Waals surface area contributed by atoms with Gasteiger partial charge in [0.05, 0.1) is 17.3 Å². The van der Waals surface area contributed by atoms with Gasteiger partial charge in [-0.15, -0.1) is 0 Å². The number of anilines is 1. The number of primary amides is 1. The summed E-state index contributed by atoms with van der Waals surface area (Å²) < 4.78 is 12.7. The second-order valence-electron chi connectivity index (χ2n) is 2.44. The molecule has 0 atom stereocenters. The summed E-state index contributed by atoms with van der Waals surface area (Å²) in [5.41, 5.74) is 5.25. The number of nitrogens with one attached hydrogen (secondary N) is 1. The number of halogens is 2. The minimum atomic E-state index is -0.527. The Bertz CT molecular complexity index is 330. The quantitative estimate of drug-likeness (QED) is 0.778. The summed E-state index contributed by atoms with van der Waals surface area (Å²) in [5, 5.41) is 2.96. The van der Waals surface area contributed by atoms with Crippen molar-refractivity contribution < 1.29 is 9.18 Å². The molecule has 3 N–H and O–H groups in total. The molecule has 70 valence electrons. The zero-order chi connectivity index (χ0) is 9.84. The highest BCUT2D eigenvalue weighted by Gasteiger charge is 2.02. The predicted octanol–water partition coefficient (Wildman–Crippen LogP) is 1.38. The van der Waals surface area contributed by atoms with Crippen molar-refractivity contribution in [3.8, 4) is 0 Å². The summed E-state index contributed by atoms with van der Waals surface area (Å²) in [4.78, 5) is 10.4. The fraction of sp³-hybridized carbons (Fsp3) is 0.125. The van der Waals surface area contributed by atoms with Gasteiger partial charge in [0.1, 0.15) is 5.82 Å². The number of hydrogen-bond donors (Lipinski definition) is 2. The first-order valence-corrected chi connectivity index (χ1v) is 3.94. The number of carbonyl (C=O) groups excluding carboxylic acids is 1. The van der Waals surface area contributed by atoms with E-state index in [2.05, 4.69) is 5.32 Å². The Balaban J connectivity index is 2.75. The van der Waals surface area contributed by atoms with E-state index in [1.165, 1.54) is 18.2 Å². The highest BCUT2D eigenvalue weighted by molar-refractivity contribution is 6.33. The summed E-state index contributed by atoms with van der Waals surface area (Å²) in [6, 6.07) is 3.84. The van der Waals surface area contributed by atoms with Gasteiger partial charge in [-0.1, -0.05) is 11.6 Å². The first-order valence-electron chi connectivity index (χ1n) is 3.57. The van der Waals surface area contributed by atoms with Gasteiger partial charge in [-0.2, -0.15) is 0 Å². The van der Waals surface area contributed by atoms with Crippen LogP contribution in [0, 0.1) is 5.82 Å². The second kappa shape index (κ2) is 4.09. The van der Waals surface area contributed by atoms with Gasteiger partial charge in [-0.05, 0) is 18.2 Å². The molecule has 0 spiro atoms. The first kappa shape index (κ1) is 9.80. The number of amides is 1. The summed E-state index contributed by atoms with van der Waals surface area (Å²) >= 11 is 5.70. The molecular weight excluding hydrogens is 195 g/mol. The topological polar surface area (TPSA) is 55.1 Å². The van der Waals surface area contributed by atoms with Crippen molar-refractivity contribution in [1.29, 1.82) is 0 Å². The lowest BCUT2D eigenvalue weighted by molar-refractivity contribution is -0.116. The van der Waals surface area contributed by atoms with Crippen LogP contribution in [0.4, 0.5) is 10.1 Å². The molecule has 1 aromatic rings. The number of hydrogen-bond acceptors (Lipinski definition) is 2. The molecule has 1 rings (SSSR count). The zero-order valence-electron chi connectivity index (χ0n) is 6.68. The predicted molar refractivity (Wildman–Crippen MR) is 49.1 cm³/mol. The summed E-state index contributed by atoms with van der Waals surface area (Å²) in [7, 11) is 0. The first-order chi connectivity index (χ1) is 6.09. The Labute approximate surface area is 79.7 Å². The number of nitrogens with two attached hydrogens (primary N) is 1. The molecule has 5 heteroatoms. The molecule has 13 heavy (non-hydrogen) atoms. The molecule has 0 aliphatic heterocycles. The molecule has 0 saturated heterocycles. The van der Waals surface area contributed by atoms with E-state index in [0.717, 1.165) is 0 Å². The summed E-state index contributed by atoms with van der Waals surface area (Å²) in [6.45, 7) is -0.0663. The van der Waals surface area contributed by atoms with Gasteiger partial charge >= 0.3 is 0 Å². The lowest BCUT2D eigenvalue weighted by Gasteiger charge is -2.05. The van der Waals surface area contributed by atoms with Crippen LogP contribution in [0.1, 0.15) is 0 Å². The minimum Gasteiger partial charge on any atom is -0.375 e. The lowest BCUT2D eigenvalue weighted by Crippen LogP contribution is -2.21. The standard InChI is InChI=1S/C8H8ClFN2O/c9-6-2-1-5(10)3-7(6)12-4-8(11)13/h1-3,12H,4H2,(H2,11,13). The minimum absolute atomic E-state index is 0.0663. The third-order valence-corrected chi connectivity index (χ3v) is 1.71. The third kappa shape index (κ3) is 2.91. The maximum atomic E-state index is 12.7. The van der Waals surface area contributed by atoms with E-state index in [0.29, 0.717) is 10.7 Å². The highest BCUT2D eigenvalue weighted by atomic mass is 35.5. The van der Waals surface area contributed by atoms with Gasteiger partial charge in [0.2, 0.25) is 5.91 Å². The van der Waals surface area contributed by atoms with Gasteiger partial charge in [-0.3, -0.25) is 4.79 Å². The SMILES string of the molecule is NC(=O)CNc1cc(F)ccc1Cl. The van der Waals surface area contributed by atoms with Gasteiger partial charge < -0.3 is 11.1 Å². The molecule has 0 bridgehead atoms. The monoisotopic (exact) mass is 202 g/mol. The number of carbonyl (C=O) groups is 1. The van der Waals surface area contributed by atoms with Gasteiger partial charge in [0.15, 0.2) is 0 Å². The van der Waals surface area contributed by atoms with Crippen LogP contribution in [-0.4, -0.2) is 12.5 Å². The normalized spacial score (nSPS) is 9.69. The van der Waals surface area contributed by atoms with Crippen molar-refractivity contribution in [2.24, 2.45) is 5.73 Å². The number of benzene rings is 1. The van der Waals surface area contributed by atoms with E-state index in [4.69, 9.17) is 17.3 Å². The van der Waals surface area contributed by atoms with Gasteiger partial charge in [-0.25, -0.2) is 4.39 Å². The van der Waals surface area contributed by atoms with Crippen LogP contribution in [-0.2, 0) is 4.79 Å². The number of rotatable bonds is 3. The molecule has 0 saturated carbocycles. The van der Waals surface area contributed by atoms with Crippen LogP contribution in [0.15, 0.2) is 18.2 Å². The fourth-order valence-electron chi connectivity index (χ4n) is 0.815. The lowest BCUT2D eigenvalue weighted by atomic mass is 10.3. The van der Waals surface area contributed by atoms with Crippen LogP contribution < -0.4 is 11.1 Å². The molecule has 0 aliphatic carbocycles. The molecular formula is C8H8ClFN2O. The van der Waals surface area contributed by atoms with Crippen molar-refractivity contribution >= 4 is 23.2 Å². The zero-order valence-corrected chi connectivity index (χ0v) is 7.44. The van der Waals surface area contributed by atoms with Crippen molar-refractivity contribution in [3.05, 3.63) is 29.0 Å². The van der Waals surface area contributed by atoms with E-state index in [1.54, 1.807) is 0 Å². The van der Waals surface area contributed by atoms with Crippen LogP contribution in [0.25, 0.3) is 0 Å². The van der Waals surface area contributed by atoms with Crippen molar-refractivity contribution in [2.75, 3.05) is 11.9 Å². The van der Waals surface area contributed by atoms with E-state index in [1.807, 2.05) is 0 Å². The molecule has 1 aromatic carbocycles. The largest absolute Gasteiger partial charge is 0.375 e. The summed E-state index contributed by atoms with van der Waals surface area (Å²) in [5.74, 6) is -0.948. The second-order valence-corrected chi connectivity index (χ2v) is 2.85. The van der Waals surface area contributed by atoms with Crippen molar-refractivity contribution in [3.63, 3.8) is 0 Å². The molecule has 0 aromatic heterocycles. The Morgan fingerprint density at radius 3 is 2.92 bits per heavy atom. The van der Waals surface area contributed by atoms with Crippen molar-refractivity contribution in [1.82, 2.24) is 0 Å². The molecule has 3 nitrogen and oxygen atoms in total. The third-order valence-electron chi connectivity index (χ3n) is 1.38. The molecule has 0 fully saturated rings. The molecule has 1 amide bonds. The van der Waals surface area contributed by atoms with Crippen LogP contribution in [0.2, 0.25) is 5.02 Å². The van der Waals surface area contributed by atoms with E-state index >= 15 is 0 Å². The smallest absolute Gasteiger partial charge is 0.236 e. The fourth-order valence-corrected chi connectivity index (χ4v) is 1.000. The van der Waals surface area contributed by atoms with Crippen LogP contribution >= 0.6 is 11.6 Å². The summed E-state index contributed by atoms with van der Waals surface area (Å²) in [6.07, 6.45) is 0. The maximum Gasteiger partial charge on any atom is 0.236 e. The van der Waals surface area contributed by atoms with E-state index in [9.17, 15) is 9.18 Å². The molecule has 0 unspecified atom stereocenters. The van der Waals surface area contributed by atoms with Gasteiger partial charge in [0, 0.05) is 0 Å². The Hall–Kier alpha value is -1.29.